The molecule has 1 aliphatic heterocycles. The lowest BCUT2D eigenvalue weighted by Gasteiger charge is -2.32. The quantitative estimate of drug-likeness (QED) is 0.496. The van der Waals surface area contributed by atoms with Crippen LogP contribution in [-0.2, 0) is 14.2 Å². The third-order valence-corrected chi connectivity index (χ3v) is 7.32. The molecule has 0 radical (unpaired) electrons. The van der Waals surface area contributed by atoms with E-state index in [0.29, 0.717) is 37.9 Å². The van der Waals surface area contributed by atoms with Crippen molar-refractivity contribution < 1.29 is 28.1 Å². The van der Waals surface area contributed by atoms with E-state index in [1.54, 1.807) is 6.07 Å². The zero-order chi connectivity index (χ0) is 24.0. The van der Waals surface area contributed by atoms with Gasteiger partial charge in [-0.1, -0.05) is 0 Å². The van der Waals surface area contributed by atoms with Gasteiger partial charge in [-0.3, -0.25) is 0 Å². The molecule has 8 nitrogen and oxygen atoms in total. The monoisotopic (exact) mass is 487 g/mol. The van der Waals surface area contributed by atoms with Crippen molar-refractivity contribution in [2.24, 2.45) is 0 Å². The largest absolute Gasteiger partial charge is 0.485 e. The second kappa shape index (κ2) is 8.75. The number of thiophene rings is 1. The minimum absolute atomic E-state index is 0.0505. The number of rotatable bonds is 5. The molecule has 34 heavy (non-hydrogen) atoms. The third-order valence-electron chi connectivity index (χ3n) is 6.14. The van der Waals surface area contributed by atoms with Crippen molar-refractivity contribution in [2.45, 2.75) is 64.1 Å². The van der Waals surface area contributed by atoms with Crippen LogP contribution in [0.25, 0.3) is 10.2 Å². The van der Waals surface area contributed by atoms with Crippen LogP contribution in [0.5, 0.6) is 5.75 Å². The van der Waals surface area contributed by atoms with Crippen LogP contribution < -0.4 is 10.1 Å². The van der Waals surface area contributed by atoms with E-state index in [4.69, 9.17) is 18.9 Å². The summed E-state index contributed by atoms with van der Waals surface area (Å²) in [4.78, 5) is 22.0. The van der Waals surface area contributed by atoms with Gasteiger partial charge in [0.1, 0.15) is 45.6 Å². The highest BCUT2D eigenvalue weighted by atomic mass is 32.1. The van der Waals surface area contributed by atoms with Gasteiger partial charge in [0.25, 0.3) is 0 Å². The lowest BCUT2D eigenvalue weighted by Crippen LogP contribution is -2.42. The van der Waals surface area contributed by atoms with Crippen LogP contribution in [0.1, 0.15) is 48.3 Å². The van der Waals surface area contributed by atoms with E-state index in [9.17, 15) is 9.18 Å². The van der Waals surface area contributed by atoms with Crippen LogP contribution in [0, 0.1) is 12.7 Å². The molecule has 2 aromatic heterocycles. The molecule has 1 aliphatic carbocycles. The lowest BCUT2D eigenvalue weighted by atomic mass is 9.92. The number of halogens is 1. The predicted molar refractivity (Wildman–Crippen MR) is 125 cm³/mol. The minimum atomic E-state index is -0.676. The molecule has 10 heteroatoms. The summed E-state index contributed by atoms with van der Waals surface area (Å²) in [5.41, 5.74) is 1.26. The van der Waals surface area contributed by atoms with E-state index < -0.39 is 17.6 Å². The molecule has 1 saturated heterocycles. The molecule has 1 saturated carbocycles. The van der Waals surface area contributed by atoms with Gasteiger partial charge in [-0.25, -0.2) is 19.2 Å². The molecule has 3 aromatic rings. The van der Waals surface area contributed by atoms with E-state index >= 15 is 0 Å². The standard InChI is InChI=1S/C24H26FN3O5S/c1-12-18-21(26-11-27-22(18)34-20(12)23(29)30-4)28-14-9-8-13(25)10-17(14)31-15-6-5-7-16-19(15)33-24(2,3)32-16/h8-11,15-16,19H,5-7H2,1-4H3,(H,26,27,28). The normalized spacial score (nSPS) is 23.5. The smallest absolute Gasteiger partial charge is 0.348 e. The molecule has 0 spiro atoms. The van der Waals surface area contributed by atoms with Crippen molar-refractivity contribution >= 4 is 39.0 Å². The van der Waals surface area contributed by atoms with Crippen molar-refractivity contribution in [3.8, 4) is 5.75 Å². The van der Waals surface area contributed by atoms with Gasteiger partial charge in [0, 0.05) is 6.07 Å². The van der Waals surface area contributed by atoms with Crippen molar-refractivity contribution in [3.05, 3.63) is 40.8 Å². The van der Waals surface area contributed by atoms with Crippen LogP contribution in [0.4, 0.5) is 15.9 Å². The van der Waals surface area contributed by atoms with E-state index in [2.05, 4.69) is 15.3 Å². The lowest BCUT2D eigenvalue weighted by molar-refractivity contribution is -0.151. The number of carbonyl (C=O) groups is 1. The van der Waals surface area contributed by atoms with Gasteiger partial charge < -0.3 is 24.3 Å². The zero-order valence-corrected chi connectivity index (χ0v) is 20.2. The number of carbonyl (C=O) groups excluding carboxylic acids is 1. The first-order valence-electron chi connectivity index (χ1n) is 11.2. The van der Waals surface area contributed by atoms with Gasteiger partial charge in [-0.15, -0.1) is 11.3 Å². The fourth-order valence-electron chi connectivity index (χ4n) is 4.65. The molecule has 3 atom stereocenters. The number of nitrogens with zero attached hydrogens (tertiary/aromatic N) is 2. The number of ether oxygens (including phenoxy) is 4. The Morgan fingerprint density at radius 1 is 1.26 bits per heavy atom. The molecule has 1 N–H and O–H groups in total. The Morgan fingerprint density at radius 2 is 2.09 bits per heavy atom. The predicted octanol–water partition coefficient (Wildman–Crippen LogP) is 5.12. The molecular formula is C24H26FN3O5S. The number of aromatic nitrogens is 2. The molecule has 3 heterocycles. The van der Waals surface area contributed by atoms with Gasteiger partial charge in [0.05, 0.1) is 24.3 Å². The maximum Gasteiger partial charge on any atom is 0.348 e. The van der Waals surface area contributed by atoms with Crippen LogP contribution in [0.3, 0.4) is 0 Å². The number of hydrogen-bond donors (Lipinski definition) is 1. The van der Waals surface area contributed by atoms with Crippen LogP contribution in [0.15, 0.2) is 24.5 Å². The summed E-state index contributed by atoms with van der Waals surface area (Å²) in [5, 5.41) is 3.96. The summed E-state index contributed by atoms with van der Waals surface area (Å²) < 4.78 is 37.6. The number of esters is 1. The number of nitrogens with one attached hydrogen (secondary N) is 1. The second-order valence-corrected chi connectivity index (χ2v) is 9.94. The highest BCUT2D eigenvalue weighted by molar-refractivity contribution is 7.20. The summed E-state index contributed by atoms with van der Waals surface area (Å²) in [5.74, 6) is -0.666. The number of fused-ring (bicyclic) bond motifs is 2. The Morgan fingerprint density at radius 3 is 2.88 bits per heavy atom. The van der Waals surface area contributed by atoms with Crippen molar-refractivity contribution in [1.82, 2.24) is 9.97 Å². The highest BCUT2D eigenvalue weighted by Crippen LogP contribution is 2.41. The van der Waals surface area contributed by atoms with Gasteiger partial charge in [-0.05, 0) is 57.7 Å². The first-order valence-corrected chi connectivity index (χ1v) is 12.0. The summed E-state index contributed by atoms with van der Waals surface area (Å²) in [6.07, 6.45) is 3.48. The fraction of sp³-hybridized carbons (Fsp3) is 0.458. The van der Waals surface area contributed by atoms with Crippen molar-refractivity contribution in [3.63, 3.8) is 0 Å². The van der Waals surface area contributed by atoms with Gasteiger partial charge in [0.15, 0.2) is 5.79 Å². The number of methoxy groups -OCH3 is 1. The van der Waals surface area contributed by atoms with Crippen LogP contribution in [-0.4, -0.2) is 47.1 Å². The summed E-state index contributed by atoms with van der Waals surface area (Å²) in [6, 6.07) is 4.32. The Balaban J connectivity index is 1.47. The molecule has 5 rings (SSSR count). The molecule has 0 amide bonds. The van der Waals surface area contributed by atoms with E-state index in [-0.39, 0.29) is 18.3 Å². The third kappa shape index (κ3) is 4.21. The summed E-state index contributed by atoms with van der Waals surface area (Å²) >= 11 is 1.24. The maximum atomic E-state index is 14.2. The Labute approximate surface area is 200 Å². The average molecular weight is 488 g/mol. The van der Waals surface area contributed by atoms with Gasteiger partial charge in [-0.2, -0.15) is 0 Å². The number of hydrogen-bond acceptors (Lipinski definition) is 9. The van der Waals surface area contributed by atoms with Crippen molar-refractivity contribution in [1.29, 1.82) is 0 Å². The topological polar surface area (TPSA) is 91.8 Å². The van der Waals surface area contributed by atoms with E-state index in [1.807, 2.05) is 20.8 Å². The molecule has 3 unspecified atom stereocenters. The highest BCUT2D eigenvalue weighted by Gasteiger charge is 2.48. The van der Waals surface area contributed by atoms with Crippen LogP contribution >= 0.6 is 11.3 Å². The maximum absolute atomic E-state index is 14.2. The SMILES string of the molecule is COC(=O)c1sc2ncnc(Nc3ccc(F)cc3OC3CCCC4OC(C)(C)OC34)c2c1C. The Kier molecular flexibility index (Phi) is 5.91. The average Bonchev–Trinajstić information content (AvgIpc) is 3.31. The van der Waals surface area contributed by atoms with Gasteiger partial charge in [0.2, 0.25) is 0 Å². The van der Waals surface area contributed by atoms with Crippen LogP contribution in [0.2, 0.25) is 0 Å². The second-order valence-electron chi connectivity index (χ2n) is 8.94. The summed E-state index contributed by atoms with van der Waals surface area (Å²) in [6.45, 7) is 5.61. The van der Waals surface area contributed by atoms with Gasteiger partial charge >= 0.3 is 5.97 Å². The molecular weight excluding hydrogens is 461 g/mol. The zero-order valence-electron chi connectivity index (χ0n) is 19.4. The fourth-order valence-corrected chi connectivity index (χ4v) is 5.72. The molecule has 2 fully saturated rings. The Bertz CT molecular complexity index is 1250. The van der Waals surface area contributed by atoms with Crippen molar-refractivity contribution in [2.75, 3.05) is 12.4 Å². The molecule has 1 aromatic carbocycles. The minimum Gasteiger partial charge on any atom is -0.485 e. The first-order chi connectivity index (χ1) is 16.3. The van der Waals surface area contributed by atoms with E-state index in [1.165, 1.54) is 36.9 Å². The summed E-state index contributed by atoms with van der Waals surface area (Å²) in [7, 11) is 1.34. The van der Waals surface area contributed by atoms with E-state index in [0.717, 1.165) is 19.3 Å². The molecule has 2 aliphatic rings. The Hall–Kier alpha value is -2.82. The molecule has 0 bridgehead atoms. The molecule has 180 valence electrons. The number of anilines is 2. The number of aryl methyl sites for hydroxylation is 1. The first kappa shape index (κ1) is 22.9. The number of benzene rings is 1.